The Morgan fingerprint density at radius 3 is 2.21 bits per heavy atom. The van der Waals surface area contributed by atoms with Gasteiger partial charge in [0.15, 0.2) is 6.10 Å². The predicted molar refractivity (Wildman–Crippen MR) is 116 cm³/mol. The van der Waals surface area contributed by atoms with Crippen molar-refractivity contribution in [1.82, 2.24) is 10.2 Å². The SMILES string of the molecule is CC(C)(C)ON(C(=O)C(=O)O)N(Cc1ccc(-c2cc(Cl)ccc2F)cc1)C[C@@H](O)C(=O)O. The van der Waals surface area contributed by atoms with Crippen molar-refractivity contribution >= 4 is 29.4 Å². The highest BCUT2D eigenvalue weighted by atomic mass is 35.5. The normalized spacial score (nSPS) is 12.5. The van der Waals surface area contributed by atoms with E-state index in [2.05, 4.69) is 0 Å². The number of hydroxylamine groups is 1. The number of rotatable bonds is 8. The molecule has 2 aromatic rings. The van der Waals surface area contributed by atoms with Crippen molar-refractivity contribution in [3.05, 3.63) is 58.9 Å². The second-order valence-corrected chi connectivity index (χ2v) is 8.55. The number of aliphatic hydroxyl groups excluding tert-OH is 1. The summed E-state index contributed by atoms with van der Waals surface area (Å²) in [7, 11) is 0. The lowest BCUT2D eigenvalue weighted by atomic mass is 10.0. The average Bonchev–Trinajstić information content (AvgIpc) is 2.72. The molecule has 11 heteroatoms. The summed E-state index contributed by atoms with van der Waals surface area (Å²) >= 11 is 5.94. The molecule has 1 atom stereocenters. The van der Waals surface area contributed by atoms with E-state index in [9.17, 15) is 29.0 Å². The van der Waals surface area contributed by atoms with Gasteiger partial charge < -0.3 is 15.3 Å². The standard InChI is InChI=1S/C22H24ClFN2O7/c1-22(2,3)33-26(19(28)21(31)32)25(12-18(27)20(29)30)11-13-4-6-14(7-5-13)16-10-15(23)8-9-17(16)24/h4-10,18,27H,11-12H2,1-3H3,(H,29,30)(H,31,32)/t18-/m1/s1. The summed E-state index contributed by atoms with van der Waals surface area (Å²) in [6.45, 7) is 3.85. The van der Waals surface area contributed by atoms with Gasteiger partial charge in [-0.1, -0.05) is 35.9 Å². The average molecular weight is 483 g/mol. The van der Waals surface area contributed by atoms with Gasteiger partial charge in [0.1, 0.15) is 5.82 Å². The fraction of sp³-hybridized carbons (Fsp3) is 0.318. The molecule has 0 fully saturated rings. The maximum atomic E-state index is 14.1. The zero-order chi connectivity index (χ0) is 24.9. The Hall–Kier alpha value is -3.05. The number of nitrogens with zero attached hydrogens (tertiary/aromatic N) is 2. The molecule has 0 aliphatic heterocycles. The molecule has 9 nitrogen and oxygen atoms in total. The minimum absolute atomic E-state index is 0.197. The van der Waals surface area contributed by atoms with Crippen LogP contribution in [0.1, 0.15) is 26.3 Å². The summed E-state index contributed by atoms with van der Waals surface area (Å²) in [5.41, 5.74) is 0.261. The highest BCUT2D eigenvalue weighted by Gasteiger charge is 2.34. The molecule has 0 saturated heterocycles. The zero-order valence-corrected chi connectivity index (χ0v) is 18.9. The van der Waals surface area contributed by atoms with E-state index in [-0.39, 0.29) is 12.1 Å². The van der Waals surface area contributed by atoms with Gasteiger partial charge in [-0.15, -0.1) is 5.17 Å². The Morgan fingerprint density at radius 1 is 1.09 bits per heavy atom. The van der Waals surface area contributed by atoms with Gasteiger partial charge in [-0.25, -0.2) is 18.8 Å². The Kier molecular flexibility index (Phi) is 8.51. The van der Waals surface area contributed by atoms with Crippen LogP contribution < -0.4 is 0 Å². The molecule has 0 bridgehead atoms. The van der Waals surface area contributed by atoms with E-state index in [1.807, 2.05) is 0 Å². The van der Waals surface area contributed by atoms with Gasteiger partial charge >= 0.3 is 17.8 Å². The largest absolute Gasteiger partial charge is 0.479 e. The Balaban J connectivity index is 2.38. The monoisotopic (exact) mass is 482 g/mol. The predicted octanol–water partition coefficient (Wildman–Crippen LogP) is 2.95. The van der Waals surface area contributed by atoms with Crippen molar-refractivity contribution in [3.63, 3.8) is 0 Å². The summed E-state index contributed by atoms with van der Waals surface area (Å²) < 4.78 is 14.1. The Bertz CT molecular complexity index is 1020. The number of halogens is 2. The summed E-state index contributed by atoms with van der Waals surface area (Å²) in [6.07, 6.45) is -1.93. The van der Waals surface area contributed by atoms with Crippen LogP contribution in [0.15, 0.2) is 42.5 Å². The first-order valence-electron chi connectivity index (χ1n) is 9.75. The van der Waals surface area contributed by atoms with Crippen LogP contribution in [0.5, 0.6) is 0 Å². The third kappa shape index (κ3) is 7.50. The van der Waals surface area contributed by atoms with E-state index >= 15 is 0 Å². The lowest BCUT2D eigenvalue weighted by molar-refractivity contribution is -0.313. The van der Waals surface area contributed by atoms with Crippen LogP contribution in [0.2, 0.25) is 5.02 Å². The molecule has 2 rings (SSSR count). The number of carbonyl (C=O) groups is 3. The fourth-order valence-corrected chi connectivity index (χ4v) is 2.94. The first-order valence-corrected chi connectivity index (χ1v) is 10.1. The van der Waals surface area contributed by atoms with Gasteiger partial charge in [0, 0.05) is 17.1 Å². The third-order valence-corrected chi connectivity index (χ3v) is 4.44. The summed E-state index contributed by atoms with van der Waals surface area (Å²) in [4.78, 5) is 40.3. The second-order valence-electron chi connectivity index (χ2n) is 8.11. The van der Waals surface area contributed by atoms with Gasteiger partial charge in [-0.05, 0) is 50.1 Å². The molecule has 3 N–H and O–H groups in total. The van der Waals surface area contributed by atoms with Gasteiger partial charge in [-0.3, -0.25) is 4.79 Å². The van der Waals surface area contributed by atoms with Crippen molar-refractivity contribution in [2.75, 3.05) is 6.54 Å². The lowest BCUT2D eigenvalue weighted by Gasteiger charge is -2.37. The lowest BCUT2D eigenvalue weighted by Crippen LogP contribution is -2.54. The van der Waals surface area contributed by atoms with E-state index in [0.717, 1.165) is 5.01 Å². The number of hydrazine groups is 1. The molecule has 0 radical (unpaired) electrons. The van der Waals surface area contributed by atoms with E-state index in [4.69, 9.17) is 21.5 Å². The van der Waals surface area contributed by atoms with Crippen LogP contribution in [0, 0.1) is 5.82 Å². The van der Waals surface area contributed by atoms with Crippen molar-refractivity contribution in [1.29, 1.82) is 0 Å². The first kappa shape index (κ1) is 26.2. The van der Waals surface area contributed by atoms with Gasteiger partial charge in [0.05, 0.1) is 12.1 Å². The molecule has 0 aliphatic rings. The number of carbonyl (C=O) groups excluding carboxylic acids is 1. The van der Waals surface area contributed by atoms with E-state index < -0.39 is 41.9 Å². The van der Waals surface area contributed by atoms with E-state index in [1.54, 1.807) is 45.0 Å². The van der Waals surface area contributed by atoms with Crippen LogP contribution >= 0.6 is 11.6 Å². The van der Waals surface area contributed by atoms with E-state index in [1.165, 1.54) is 18.2 Å². The highest BCUT2D eigenvalue weighted by molar-refractivity contribution is 6.31. The molecule has 33 heavy (non-hydrogen) atoms. The van der Waals surface area contributed by atoms with Gasteiger partial charge in [0.2, 0.25) is 0 Å². The number of hydrogen-bond acceptors (Lipinski definition) is 6. The summed E-state index contributed by atoms with van der Waals surface area (Å²) in [5.74, 6) is -5.35. The van der Waals surface area contributed by atoms with Crippen LogP contribution in [0.4, 0.5) is 4.39 Å². The molecule has 0 aromatic heterocycles. The molecular formula is C22H24ClFN2O7. The topological polar surface area (TPSA) is 128 Å². The summed E-state index contributed by atoms with van der Waals surface area (Å²) in [6, 6.07) is 10.5. The number of aliphatic hydroxyl groups is 1. The number of hydrogen-bond donors (Lipinski definition) is 3. The molecule has 178 valence electrons. The number of carboxylic acid groups (broad SMARTS) is 2. The number of aliphatic carboxylic acids is 2. The van der Waals surface area contributed by atoms with Crippen molar-refractivity contribution < 1.29 is 38.9 Å². The van der Waals surface area contributed by atoms with Gasteiger partial charge in [0.25, 0.3) is 0 Å². The minimum Gasteiger partial charge on any atom is -0.479 e. The van der Waals surface area contributed by atoms with E-state index in [0.29, 0.717) is 21.3 Å². The molecule has 0 saturated carbocycles. The molecule has 0 heterocycles. The molecular weight excluding hydrogens is 459 g/mol. The first-order chi connectivity index (χ1) is 15.3. The van der Waals surface area contributed by atoms with Crippen LogP contribution in [0.3, 0.4) is 0 Å². The smallest absolute Gasteiger partial charge is 0.398 e. The Labute approximate surface area is 194 Å². The van der Waals surface area contributed by atoms with Crippen LogP contribution in [0.25, 0.3) is 11.1 Å². The van der Waals surface area contributed by atoms with Crippen LogP contribution in [-0.2, 0) is 25.8 Å². The van der Waals surface area contributed by atoms with Crippen molar-refractivity contribution in [3.8, 4) is 11.1 Å². The number of amides is 1. The quantitative estimate of drug-likeness (QED) is 0.387. The number of carboxylic acids is 2. The van der Waals surface area contributed by atoms with Crippen molar-refractivity contribution in [2.24, 2.45) is 0 Å². The minimum atomic E-state index is -1.93. The molecule has 2 aromatic carbocycles. The highest BCUT2D eigenvalue weighted by Crippen LogP contribution is 2.27. The fourth-order valence-electron chi connectivity index (χ4n) is 2.77. The van der Waals surface area contributed by atoms with Gasteiger partial charge in [-0.2, -0.15) is 5.01 Å². The van der Waals surface area contributed by atoms with Crippen molar-refractivity contribution in [2.45, 2.75) is 39.0 Å². The Morgan fingerprint density at radius 2 is 1.70 bits per heavy atom. The molecule has 0 unspecified atom stereocenters. The third-order valence-electron chi connectivity index (χ3n) is 4.20. The molecule has 0 aliphatic carbocycles. The summed E-state index contributed by atoms with van der Waals surface area (Å²) in [5, 5.41) is 29.9. The van der Waals surface area contributed by atoms with Crippen LogP contribution in [-0.4, -0.2) is 61.6 Å². The number of benzene rings is 2. The maximum absolute atomic E-state index is 14.1. The molecule has 0 spiro atoms. The zero-order valence-electron chi connectivity index (χ0n) is 18.2. The molecule has 1 amide bonds. The second kappa shape index (κ2) is 10.7. The maximum Gasteiger partial charge on any atom is 0.398 e.